The number of ether oxygens (including phenoxy) is 1. The number of hydrogen-bond donors (Lipinski definition) is 2. The van der Waals surface area contributed by atoms with Crippen molar-refractivity contribution in [2.24, 2.45) is 0 Å². The number of carbonyl (C=O) groups excluding carboxylic acids is 1. The van der Waals surface area contributed by atoms with E-state index < -0.39 is 5.54 Å². The van der Waals surface area contributed by atoms with Crippen LogP contribution in [0.4, 0.5) is 0 Å². The van der Waals surface area contributed by atoms with E-state index in [9.17, 15) is 4.79 Å². The summed E-state index contributed by atoms with van der Waals surface area (Å²) in [6.45, 7) is 3.46. The molecule has 4 nitrogen and oxygen atoms in total. The largest absolute Gasteiger partial charge is 0.494 e. The molecule has 0 aromatic heterocycles. The summed E-state index contributed by atoms with van der Waals surface area (Å²) < 4.78 is 5.76. The lowest BCUT2D eigenvalue weighted by Crippen LogP contribution is -2.45. The first kappa shape index (κ1) is 13.8. The Labute approximate surface area is 123 Å². The highest BCUT2D eigenvalue weighted by atomic mass is 32.2. The van der Waals surface area contributed by atoms with E-state index in [2.05, 4.69) is 23.6 Å². The molecule has 0 saturated carbocycles. The van der Waals surface area contributed by atoms with Crippen LogP contribution < -0.4 is 15.4 Å². The summed E-state index contributed by atoms with van der Waals surface area (Å²) in [5.74, 6) is 1.95. The van der Waals surface area contributed by atoms with Crippen LogP contribution in [-0.2, 0) is 10.3 Å². The van der Waals surface area contributed by atoms with Gasteiger partial charge in [0.25, 0.3) is 0 Å². The van der Waals surface area contributed by atoms with Crippen molar-refractivity contribution in [2.75, 3.05) is 19.0 Å². The number of rotatable bonds is 4. The molecule has 1 aromatic rings. The topological polar surface area (TPSA) is 50.4 Å². The van der Waals surface area contributed by atoms with Gasteiger partial charge in [0.1, 0.15) is 11.3 Å². The number of hydrogen-bond acceptors (Lipinski definition) is 4. The van der Waals surface area contributed by atoms with Crippen molar-refractivity contribution < 1.29 is 9.53 Å². The van der Waals surface area contributed by atoms with Gasteiger partial charge in [0, 0.05) is 10.6 Å². The third-order valence-corrected chi connectivity index (χ3v) is 5.00. The molecule has 2 heterocycles. The van der Waals surface area contributed by atoms with E-state index in [0.29, 0.717) is 6.67 Å². The fourth-order valence-corrected chi connectivity index (χ4v) is 4.00. The molecule has 1 fully saturated rings. The molecule has 2 N–H and O–H groups in total. The van der Waals surface area contributed by atoms with Crippen LogP contribution in [0.5, 0.6) is 5.75 Å². The molecule has 1 aromatic carbocycles. The summed E-state index contributed by atoms with van der Waals surface area (Å²) in [6, 6.07) is 6.10. The molecule has 0 bridgehead atoms. The van der Waals surface area contributed by atoms with Gasteiger partial charge < -0.3 is 10.1 Å². The van der Waals surface area contributed by atoms with Crippen LogP contribution in [0.2, 0.25) is 0 Å². The van der Waals surface area contributed by atoms with Gasteiger partial charge in [-0.25, -0.2) is 0 Å². The third kappa shape index (κ3) is 2.29. The summed E-state index contributed by atoms with van der Waals surface area (Å²) in [5, 5.41) is 6.22. The van der Waals surface area contributed by atoms with Crippen LogP contribution in [0.25, 0.3) is 0 Å². The molecule has 1 unspecified atom stereocenters. The predicted molar refractivity (Wildman–Crippen MR) is 80.0 cm³/mol. The highest BCUT2D eigenvalue weighted by Gasteiger charge is 2.46. The van der Waals surface area contributed by atoms with Gasteiger partial charge in [0.2, 0.25) is 5.91 Å². The van der Waals surface area contributed by atoms with Crippen molar-refractivity contribution in [3.05, 3.63) is 23.8 Å². The lowest BCUT2D eigenvalue weighted by molar-refractivity contribution is -0.124. The summed E-state index contributed by atoms with van der Waals surface area (Å²) in [5.41, 5.74) is 0.564. The first-order chi connectivity index (χ1) is 9.76. The van der Waals surface area contributed by atoms with Crippen LogP contribution in [0.15, 0.2) is 23.1 Å². The number of nitrogens with one attached hydrogen (secondary N) is 2. The smallest absolute Gasteiger partial charge is 0.246 e. The Morgan fingerprint density at radius 2 is 2.35 bits per heavy atom. The highest BCUT2D eigenvalue weighted by molar-refractivity contribution is 7.99. The summed E-state index contributed by atoms with van der Waals surface area (Å²) in [4.78, 5) is 13.4. The summed E-state index contributed by atoms with van der Waals surface area (Å²) >= 11 is 1.80. The monoisotopic (exact) mass is 292 g/mol. The van der Waals surface area contributed by atoms with Crippen LogP contribution in [0.1, 0.15) is 31.7 Å². The van der Waals surface area contributed by atoms with E-state index in [0.717, 1.165) is 47.8 Å². The molecule has 1 saturated heterocycles. The molecule has 20 heavy (non-hydrogen) atoms. The average Bonchev–Trinajstić information content (AvgIpc) is 2.81. The predicted octanol–water partition coefficient (Wildman–Crippen LogP) is 2.23. The second-order valence-corrected chi connectivity index (χ2v) is 6.36. The minimum atomic E-state index is -0.525. The maximum Gasteiger partial charge on any atom is 0.246 e. The van der Waals surface area contributed by atoms with E-state index in [1.165, 1.54) is 0 Å². The van der Waals surface area contributed by atoms with E-state index in [-0.39, 0.29) is 5.91 Å². The fraction of sp³-hybridized carbons (Fsp3) is 0.533. The highest BCUT2D eigenvalue weighted by Crippen LogP contribution is 2.43. The zero-order chi connectivity index (χ0) is 14.0. The van der Waals surface area contributed by atoms with Crippen molar-refractivity contribution in [1.82, 2.24) is 10.6 Å². The second-order valence-electron chi connectivity index (χ2n) is 5.22. The molecule has 1 amide bonds. The number of carbonyl (C=O) groups is 1. The van der Waals surface area contributed by atoms with Gasteiger partial charge >= 0.3 is 0 Å². The number of benzene rings is 1. The minimum Gasteiger partial charge on any atom is -0.494 e. The third-order valence-electron chi connectivity index (χ3n) is 3.94. The molecule has 0 aliphatic carbocycles. The van der Waals surface area contributed by atoms with Crippen LogP contribution >= 0.6 is 11.8 Å². The first-order valence-corrected chi connectivity index (χ1v) is 8.18. The Morgan fingerprint density at radius 3 is 3.10 bits per heavy atom. The van der Waals surface area contributed by atoms with Crippen molar-refractivity contribution in [3.63, 3.8) is 0 Å². The lowest BCUT2D eigenvalue weighted by Gasteiger charge is -2.33. The maximum atomic E-state index is 12.2. The number of fused-ring (bicyclic) bond motifs is 2. The Balaban J connectivity index is 1.86. The normalized spacial score (nSPS) is 24.6. The first-order valence-electron chi connectivity index (χ1n) is 7.20. The molecule has 5 heteroatoms. The standard InChI is InChI=1S/C15H20N2O2S/c1-2-3-7-19-11-4-5-12-13(9-11)20-8-6-15(12)14(18)16-10-17-15/h4-5,9,17H,2-3,6-8,10H2,1H3,(H,16,18). The number of thioether (sulfide) groups is 1. The molecule has 3 rings (SSSR count). The molecule has 2 aliphatic rings. The van der Waals surface area contributed by atoms with Crippen molar-refractivity contribution in [1.29, 1.82) is 0 Å². The molecule has 1 atom stereocenters. The van der Waals surface area contributed by atoms with Crippen LogP contribution in [-0.4, -0.2) is 24.9 Å². The van der Waals surface area contributed by atoms with Gasteiger partial charge in [-0.2, -0.15) is 0 Å². The SMILES string of the molecule is CCCCOc1ccc2c(c1)SCCC21NCNC1=O. The fourth-order valence-electron chi connectivity index (χ4n) is 2.77. The van der Waals surface area contributed by atoms with Gasteiger partial charge in [0.05, 0.1) is 13.3 Å². The van der Waals surface area contributed by atoms with E-state index in [4.69, 9.17) is 4.74 Å². The van der Waals surface area contributed by atoms with Gasteiger partial charge in [-0.05, 0) is 30.5 Å². The molecule has 2 aliphatic heterocycles. The Morgan fingerprint density at radius 1 is 1.45 bits per heavy atom. The van der Waals surface area contributed by atoms with E-state index >= 15 is 0 Å². The van der Waals surface area contributed by atoms with E-state index in [1.54, 1.807) is 11.8 Å². The van der Waals surface area contributed by atoms with Gasteiger partial charge in [0.15, 0.2) is 0 Å². The Kier molecular flexibility index (Phi) is 3.89. The Hall–Kier alpha value is -1.20. The molecular formula is C15H20N2O2S. The Bertz CT molecular complexity index is 521. The van der Waals surface area contributed by atoms with E-state index in [1.807, 2.05) is 12.1 Å². The average molecular weight is 292 g/mol. The minimum absolute atomic E-state index is 0.0960. The lowest BCUT2D eigenvalue weighted by atomic mass is 9.87. The van der Waals surface area contributed by atoms with Gasteiger partial charge in [-0.1, -0.05) is 19.4 Å². The quantitative estimate of drug-likeness (QED) is 0.836. The van der Waals surface area contributed by atoms with Crippen LogP contribution in [0, 0.1) is 0 Å². The van der Waals surface area contributed by atoms with Crippen molar-refractivity contribution in [2.45, 2.75) is 36.6 Å². The van der Waals surface area contributed by atoms with Crippen molar-refractivity contribution >= 4 is 17.7 Å². The number of amides is 1. The van der Waals surface area contributed by atoms with Crippen molar-refractivity contribution in [3.8, 4) is 5.75 Å². The molecule has 0 radical (unpaired) electrons. The maximum absolute atomic E-state index is 12.2. The summed E-state index contributed by atoms with van der Waals surface area (Å²) in [7, 11) is 0. The number of unbranched alkanes of at least 4 members (excludes halogenated alkanes) is 1. The van der Waals surface area contributed by atoms with Gasteiger partial charge in [-0.3, -0.25) is 10.1 Å². The molecule has 108 valence electrons. The molecule has 1 spiro atoms. The van der Waals surface area contributed by atoms with Crippen LogP contribution in [0.3, 0.4) is 0 Å². The zero-order valence-corrected chi connectivity index (χ0v) is 12.5. The van der Waals surface area contributed by atoms with Gasteiger partial charge in [-0.15, -0.1) is 11.8 Å². The second kappa shape index (κ2) is 5.66. The summed E-state index contributed by atoms with van der Waals surface area (Å²) in [6.07, 6.45) is 3.04. The molecular weight excluding hydrogens is 272 g/mol. The zero-order valence-electron chi connectivity index (χ0n) is 11.7.